The van der Waals surface area contributed by atoms with Crippen LogP contribution in [-0.2, 0) is 14.9 Å². The summed E-state index contributed by atoms with van der Waals surface area (Å²) in [5.41, 5.74) is -0.0117. The van der Waals surface area contributed by atoms with Crippen LogP contribution in [0.4, 0.5) is 0 Å². The van der Waals surface area contributed by atoms with E-state index in [1.807, 2.05) is 0 Å². The predicted molar refractivity (Wildman–Crippen MR) is 61.6 cm³/mol. The minimum atomic E-state index is -4.81. The third-order valence-corrected chi connectivity index (χ3v) is 3.10. The molecule has 1 aromatic carbocycles. The largest absolute Gasteiger partial charge is 0.481 e. The van der Waals surface area contributed by atoms with Gasteiger partial charge < -0.3 is 15.3 Å². The second kappa shape index (κ2) is 5.07. The lowest BCUT2D eigenvalue weighted by Crippen LogP contribution is -2.21. The fraction of sp³-hybridized carbons (Fsp3) is 0.100. The molecule has 0 aliphatic carbocycles. The van der Waals surface area contributed by atoms with Crippen LogP contribution in [0.15, 0.2) is 30.2 Å². The van der Waals surface area contributed by atoms with Gasteiger partial charge in [0.15, 0.2) is 0 Å². The molecule has 0 fully saturated rings. The van der Waals surface area contributed by atoms with Crippen molar-refractivity contribution in [3.05, 3.63) is 41.3 Å². The van der Waals surface area contributed by atoms with Crippen molar-refractivity contribution in [2.75, 3.05) is 0 Å². The summed E-state index contributed by atoms with van der Waals surface area (Å²) in [6.07, 6.45) is 0.895. The van der Waals surface area contributed by atoms with Crippen LogP contribution in [-0.4, -0.2) is 34.3 Å². The Morgan fingerprint density at radius 2 is 1.83 bits per heavy atom. The van der Waals surface area contributed by atoms with Crippen molar-refractivity contribution < 1.29 is 33.1 Å². The molecule has 0 bridgehead atoms. The molecule has 0 aliphatic heterocycles. The van der Waals surface area contributed by atoms with Crippen LogP contribution < -0.4 is 0 Å². The summed E-state index contributed by atoms with van der Waals surface area (Å²) in [5, 5.41) is 23.9. The lowest BCUT2D eigenvalue weighted by atomic mass is 10.1. The van der Waals surface area contributed by atoms with Crippen molar-refractivity contribution in [1.82, 2.24) is 0 Å². The Bertz CT molecular complexity index is 584. The molecule has 0 spiro atoms. The zero-order chi connectivity index (χ0) is 13.9. The zero-order valence-electron chi connectivity index (χ0n) is 8.89. The first-order chi connectivity index (χ1) is 8.21. The van der Waals surface area contributed by atoms with Gasteiger partial charge in [0.05, 0.1) is 0 Å². The van der Waals surface area contributed by atoms with E-state index in [9.17, 15) is 13.2 Å². The van der Waals surface area contributed by atoms with E-state index >= 15 is 0 Å². The molecule has 0 aliphatic rings. The molecule has 1 aromatic rings. The Kier molecular flexibility index (Phi) is 3.94. The number of aliphatic hydroxyl groups excluding tert-OH is 1. The van der Waals surface area contributed by atoms with Crippen LogP contribution in [0.3, 0.4) is 0 Å². The Morgan fingerprint density at radius 3 is 2.28 bits per heavy atom. The van der Waals surface area contributed by atoms with Crippen molar-refractivity contribution in [1.29, 1.82) is 0 Å². The minimum Gasteiger partial charge on any atom is -0.481 e. The monoisotopic (exact) mass is 274 g/mol. The van der Waals surface area contributed by atoms with E-state index in [4.69, 9.17) is 19.9 Å². The van der Waals surface area contributed by atoms with Crippen molar-refractivity contribution in [2.45, 2.75) is 5.25 Å². The van der Waals surface area contributed by atoms with Gasteiger partial charge in [-0.2, -0.15) is 8.42 Å². The van der Waals surface area contributed by atoms with Crippen LogP contribution in [0.25, 0.3) is 6.08 Å². The Hall–Kier alpha value is -2.06. The second-order valence-electron chi connectivity index (χ2n) is 3.41. The van der Waals surface area contributed by atoms with Gasteiger partial charge in [0.1, 0.15) is 0 Å². The van der Waals surface area contributed by atoms with Crippen molar-refractivity contribution in [2.24, 2.45) is 0 Å². The molecule has 18 heavy (non-hydrogen) atoms. The molecule has 1 unspecified atom stereocenters. The van der Waals surface area contributed by atoms with E-state index in [1.54, 1.807) is 0 Å². The minimum absolute atomic E-state index is 0.183. The van der Waals surface area contributed by atoms with Crippen LogP contribution in [0, 0.1) is 0 Å². The summed E-state index contributed by atoms with van der Waals surface area (Å²) >= 11 is 0. The average Bonchev–Trinajstić information content (AvgIpc) is 2.13. The highest BCUT2D eigenvalue weighted by molar-refractivity contribution is 7.86. The van der Waals surface area contributed by atoms with Gasteiger partial charge in [-0.15, -0.1) is 0 Å². The maximum atomic E-state index is 11.0. The summed E-state index contributed by atoms with van der Waals surface area (Å²) in [5.74, 6) is -2.74. The molecule has 1 rings (SSSR count). The number of benzene rings is 1. The highest BCUT2D eigenvalue weighted by Gasteiger charge is 2.32. The number of aliphatic carboxylic acids is 1. The molecule has 0 amide bonds. The molecular weight excluding hydrogens is 264 g/mol. The van der Waals surface area contributed by atoms with Gasteiger partial charge in [-0.1, -0.05) is 18.2 Å². The maximum Gasteiger partial charge on any atom is 0.329 e. The average molecular weight is 274 g/mol. The third kappa shape index (κ3) is 3.47. The topological polar surface area (TPSA) is 132 Å². The van der Waals surface area contributed by atoms with Gasteiger partial charge in [-0.3, -0.25) is 9.35 Å². The molecule has 0 saturated carbocycles. The molecule has 0 heterocycles. The summed E-state index contributed by atoms with van der Waals surface area (Å²) in [4.78, 5) is 10.8. The first kappa shape index (κ1) is 14.0. The number of carboxylic acids is 1. The molecule has 1 atom stereocenters. The first-order valence-electron chi connectivity index (χ1n) is 4.60. The van der Waals surface area contributed by atoms with Crippen molar-refractivity contribution in [3.63, 3.8) is 0 Å². The van der Waals surface area contributed by atoms with Gasteiger partial charge >= 0.3 is 5.97 Å². The van der Waals surface area contributed by atoms with Crippen molar-refractivity contribution >= 4 is 22.2 Å². The van der Waals surface area contributed by atoms with Gasteiger partial charge in [-0.25, -0.2) is 0 Å². The summed E-state index contributed by atoms with van der Waals surface area (Å²) in [7, 11) is -4.81. The third-order valence-electron chi connectivity index (χ3n) is 2.03. The first-order valence-corrected chi connectivity index (χ1v) is 6.11. The standard InChI is InChI=1S/C10H10O7S/c11-8(12)5-6-2-1-3-7(4-6)9(10(13)14)18(15,16)17/h1-5,9,11-12H,(H,13,14)(H,15,16,17). The van der Waals surface area contributed by atoms with E-state index < -0.39 is 27.3 Å². The van der Waals surface area contributed by atoms with E-state index in [0.29, 0.717) is 0 Å². The number of hydrogen-bond acceptors (Lipinski definition) is 5. The zero-order valence-corrected chi connectivity index (χ0v) is 9.70. The van der Waals surface area contributed by atoms with E-state index in [1.165, 1.54) is 18.2 Å². The van der Waals surface area contributed by atoms with Crippen LogP contribution in [0.2, 0.25) is 0 Å². The lowest BCUT2D eigenvalue weighted by Gasteiger charge is -2.09. The molecule has 4 N–H and O–H groups in total. The molecule has 0 aromatic heterocycles. The summed E-state index contributed by atoms with van der Waals surface area (Å²) in [6.45, 7) is 0. The van der Waals surface area contributed by atoms with E-state index in [0.717, 1.165) is 12.1 Å². The van der Waals surface area contributed by atoms with Gasteiger partial charge in [0, 0.05) is 6.08 Å². The normalized spacial score (nSPS) is 12.7. The smallest absolute Gasteiger partial charge is 0.329 e. The van der Waals surface area contributed by atoms with Crippen LogP contribution in [0.1, 0.15) is 16.4 Å². The van der Waals surface area contributed by atoms with E-state index in [2.05, 4.69) is 0 Å². The number of hydrogen-bond donors (Lipinski definition) is 4. The summed E-state index contributed by atoms with van der Waals surface area (Å²) < 4.78 is 30.8. The molecule has 8 heteroatoms. The summed E-state index contributed by atoms with van der Waals surface area (Å²) in [6, 6.07) is 5.03. The Balaban J connectivity index is 3.31. The molecule has 0 radical (unpaired) electrons. The Labute approximate surface area is 102 Å². The van der Waals surface area contributed by atoms with E-state index in [-0.39, 0.29) is 11.1 Å². The fourth-order valence-corrected chi connectivity index (χ4v) is 2.15. The number of aliphatic hydroxyl groups is 2. The van der Waals surface area contributed by atoms with Crippen LogP contribution in [0.5, 0.6) is 0 Å². The highest BCUT2D eigenvalue weighted by Crippen LogP contribution is 2.23. The molecule has 0 saturated heterocycles. The number of carbonyl (C=O) groups is 1. The lowest BCUT2D eigenvalue weighted by molar-refractivity contribution is -0.136. The molecule has 98 valence electrons. The van der Waals surface area contributed by atoms with Crippen LogP contribution >= 0.6 is 0 Å². The fourth-order valence-electron chi connectivity index (χ4n) is 1.40. The highest BCUT2D eigenvalue weighted by atomic mass is 32.2. The quantitative estimate of drug-likeness (QED) is 0.477. The van der Waals surface area contributed by atoms with Gasteiger partial charge in [0.25, 0.3) is 16.1 Å². The molecule has 7 nitrogen and oxygen atoms in total. The second-order valence-corrected chi connectivity index (χ2v) is 4.91. The van der Waals surface area contributed by atoms with Gasteiger partial charge in [0.2, 0.25) is 5.25 Å². The SMILES string of the molecule is O=C(O)C(c1cccc(C=C(O)O)c1)S(=O)(=O)O. The van der Waals surface area contributed by atoms with Gasteiger partial charge in [-0.05, 0) is 17.2 Å². The number of rotatable bonds is 4. The number of carboxylic acid groups (broad SMARTS) is 1. The maximum absolute atomic E-state index is 11.0. The van der Waals surface area contributed by atoms with Crippen molar-refractivity contribution in [3.8, 4) is 0 Å². The molecular formula is C10H10O7S. The predicted octanol–water partition coefficient (Wildman–Crippen LogP) is 1.11. The Morgan fingerprint density at radius 1 is 1.22 bits per heavy atom.